The average molecular weight is 302 g/mol. The van der Waals surface area contributed by atoms with Crippen molar-refractivity contribution in [2.24, 2.45) is 5.92 Å². The van der Waals surface area contributed by atoms with Crippen LogP contribution in [0.5, 0.6) is 5.75 Å². The molecule has 1 aliphatic rings. The average Bonchev–Trinajstić information content (AvgIpc) is 2.51. The summed E-state index contributed by atoms with van der Waals surface area (Å²) in [5.74, 6) is 0.661. The molecular weight excluding hydrogens is 286 g/mol. The maximum atomic E-state index is 12.4. The summed E-state index contributed by atoms with van der Waals surface area (Å²) in [4.78, 5) is 12.4. The van der Waals surface area contributed by atoms with Gasteiger partial charge in [-0.15, -0.1) is 0 Å². The van der Waals surface area contributed by atoms with Gasteiger partial charge in [0.05, 0.1) is 5.92 Å². The second kappa shape index (κ2) is 5.78. The monoisotopic (exact) mass is 301 g/mol. The van der Waals surface area contributed by atoms with Gasteiger partial charge in [0.15, 0.2) is 0 Å². The standard InChI is InChI=1S/C17H16ClNO2/c1-11-14(18)6-4-7-15(11)19-17(20)13-9-12-5-2-3-8-16(12)21-10-13/h2-8,13H,9-10H2,1H3,(H,19,20)/t13-/m1/s1. The van der Waals surface area contributed by atoms with Crippen molar-refractivity contribution in [2.75, 3.05) is 11.9 Å². The van der Waals surface area contributed by atoms with Crippen molar-refractivity contribution in [3.05, 3.63) is 58.6 Å². The van der Waals surface area contributed by atoms with Crippen LogP contribution in [0.25, 0.3) is 0 Å². The first-order valence-electron chi connectivity index (χ1n) is 6.92. The molecule has 108 valence electrons. The number of fused-ring (bicyclic) bond motifs is 1. The molecule has 2 aromatic rings. The fraction of sp³-hybridized carbons (Fsp3) is 0.235. The minimum atomic E-state index is -0.182. The van der Waals surface area contributed by atoms with Crippen LogP contribution in [-0.4, -0.2) is 12.5 Å². The van der Waals surface area contributed by atoms with E-state index in [1.807, 2.05) is 49.4 Å². The molecule has 0 saturated heterocycles. The number of anilines is 1. The zero-order chi connectivity index (χ0) is 14.8. The number of carbonyl (C=O) groups is 1. The molecule has 0 unspecified atom stereocenters. The van der Waals surface area contributed by atoms with Crippen molar-refractivity contribution >= 4 is 23.2 Å². The molecule has 1 aliphatic heterocycles. The number of hydrogen-bond donors (Lipinski definition) is 1. The third kappa shape index (κ3) is 2.88. The quantitative estimate of drug-likeness (QED) is 0.915. The summed E-state index contributed by atoms with van der Waals surface area (Å²) in [7, 11) is 0. The maximum Gasteiger partial charge on any atom is 0.231 e. The molecule has 2 aromatic carbocycles. The van der Waals surface area contributed by atoms with E-state index in [9.17, 15) is 4.79 Å². The topological polar surface area (TPSA) is 38.3 Å². The number of ether oxygens (including phenoxy) is 1. The third-order valence-corrected chi connectivity index (χ3v) is 4.18. The van der Waals surface area contributed by atoms with Crippen LogP contribution in [0.1, 0.15) is 11.1 Å². The Bertz CT molecular complexity index is 684. The molecule has 0 aromatic heterocycles. The molecule has 0 aliphatic carbocycles. The van der Waals surface area contributed by atoms with Crippen LogP contribution in [0.2, 0.25) is 5.02 Å². The van der Waals surface area contributed by atoms with Gasteiger partial charge in [-0.2, -0.15) is 0 Å². The number of benzene rings is 2. The van der Waals surface area contributed by atoms with Gasteiger partial charge in [0.2, 0.25) is 5.91 Å². The van der Waals surface area contributed by atoms with Gasteiger partial charge in [-0.05, 0) is 42.7 Å². The normalized spacial score (nSPS) is 16.8. The first-order chi connectivity index (χ1) is 10.1. The highest BCUT2D eigenvalue weighted by Crippen LogP contribution is 2.28. The Morgan fingerprint density at radius 3 is 2.90 bits per heavy atom. The fourth-order valence-corrected chi connectivity index (χ4v) is 2.65. The molecule has 1 N–H and O–H groups in total. The summed E-state index contributed by atoms with van der Waals surface area (Å²) in [6.45, 7) is 2.30. The van der Waals surface area contributed by atoms with Gasteiger partial charge in [0.1, 0.15) is 12.4 Å². The zero-order valence-corrected chi connectivity index (χ0v) is 12.5. The highest BCUT2D eigenvalue weighted by atomic mass is 35.5. The SMILES string of the molecule is Cc1c(Cl)cccc1NC(=O)[C@H]1COc2ccccc2C1. The van der Waals surface area contributed by atoms with Gasteiger partial charge in [-0.1, -0.05) is 35.9 Å². The van der Waals surface area contributed by atoms with E-state index in [4.69, 9.17) is 16.3 Å². The van der Waals surface area contributed by atoms with Crippen molar-refractivity contribution < 1.29 is 9.53 Å². The molecule has 4 heteroatoms. The Balaban J connectivity index is 1.74. The molecule has 3 rings (SSSR count). The van der Waals surface area contributed by atoms with E-state index >= 15 is 0 Å². The highest BCUT2D eigenvalue weighted by molar-refractivity contribution is 6.31. The van der Waals surface area contributed by atoms with Crippen LogP contribution < -0.4 is 10.1 Å². The van der Waals surface area contributed by atoms with Gasteiger partial charge in [-0.25, -0.2) is 0 Å². The summed E-state index contributed by atoms with van der Waals surface area (Å²) in [5.41, 5.74) is 2.71. The Hall–Kier alpha value is -2.00. The molecule has 0 radical (unpaired) electrons. The second-order valence-corrected chi connectivity index (χ2v) is 5.63. The first kappa shape index (κ1) is 14.0. The molecule has 21 heavy (non-hydrogen) atoms. The Morgan fingerprint density at radius 1 is 1.24 bits per heavy atom. The van der Waals surface area contributed by atoms with E-state index in [1.165, 1.54) is 0 Å². The number of carbonyl (C=O) groups excluding carboxylic acids is 1. The van der Waals surface area contributed by atoms with E-state index in [0.29, 0.717) is 18.1 Å². The molecule has 0 saturated carbocycles. The largest absolute Gasteiger partial charge is 0.492 e. The minimum Gasteiger partial charge on any atom is -0.492 e. The Kier molecular flexibility index (Phi) is 3.84. The number of para-hydroxylation sites is 1. The number of rotatable bonds is 2. The zero-order valence-electron chi connectivity index (χ0n) is 11.7. The van der Waals surface area contributed by atoms with Gasteiger partial charge in [-0.3, -0.25) is 4.79 Å². The lowest BCUT2D eigenvalue weighted by atomic mass is 9.96. The van der Waals surface area contributed by atoms with E-state index in [-0.39, 0.29) is 11.8 Å². The lowest BCUT2D eigenvalue weighted by Crippen LogP contribution is -2.32. The molecule has 0 bridgehead atoms. The summed E-state index contributed by atoms with van der Waals surface area (Å²) in [5, 5.41) is 3.60. The summed E-state index contributed by atoms with van der Waals surface area (Å²) in [6.07, 6.45) is 0.696. The predicted octanol–water partition coefficient (Wildman–Crippen LogP) is 3.84. The molecular formula is C17H16ClNO2. The second-order valence-electron chi connectivity index (χ2n) is 5.22. The minimum absolute atomic E-state index is 0.0325. The fourth-order valence-electron chi connectivity index (χ4n) is 2.47. The van der Waals surface area contributed by atoms with Gasteiger partial charge < -0.3 is 10.1 Å². The Labute approximate surface area is 128 Å². The summed E-state index contributed by atoms with van der Waals surface area (Å²) >= 11 is 6.07. The van der Waals surface area contributed by atoms with Crippen LogP contribution in [-0.2, 0) is 11.2 Å². The summed E-state index contributed by atoms with van der Waals surface area (Å²) in [6, 6.07) is 13.3. The molecule has 1 amide bonds. The molecule has 0 spiro atoms. The van der Waals surface area contributed by atoms with Crippen LogP contribution in [0.4, 0.5) is 5.69 Å². The van der Waals surface area contributed by atoms with Crippen molar-refractivity contribution in [3.63, 3.8) is 0 Å². The first-order valence-corrected chi connectivity index (χ1v) is 7.29. The van der Waals surface area contributed by atoms with Crippen molar-refractivity contribution in [1.29, 1.82) is 0 Å². The van der Waals surface area contributed by atoms with Crippen molar-refractivity contribution in [3.8, 4) is 5.75 Å². The number of hydrogen-bond acceptors (Lipinski definition) is 2. The van der Waals surface area contributed by atoms with Crippen molar-refractivity contribution in [2.45, 2.75) is 13.3 Å². The molecule has 1 atom stereocenters. The van der Waals surface area contributed by atoms with E-state index in [2.05, 4.69) is 5.32 Å². The van der Waals surface area contributed by atoms with Crippen LogP contribution >= 0.6 is 11.6 Å². The maximum absolute atomic E-state index is 12.4. The smallest absolute Gasteiger partial charge is 0.231 e. The third-order valence-electron chi connectivity index (χ3n) is 3.78. The highest BCUT2D eigenvalue weighted by Gasteiger charge is 2.26. The van der Waals surface area contributed by atoms with Gasteiger partial charge in [0.25, 0.3) is 0 Å². The lowest BCUT2D eigenvalue weighted by molar-refractivity contribution is -0.121. The predicted molar refractivity (Wildman–Crippen MR) is 83.9 cm³/mol. The Morgan fingerprint density at radius 2 is 2.05 bits per heavy atom. The van der Waals surface area contributed by atoms with Crippen LogP contribution in [0, 0.1) is 12.8 Å². The van der Waals surface area contributed by atoms with Crippen molar-refractivity contribution in [1.82, 2.24) is 0 Å². The van der Waals surface area contributed by atoms with Gasteiger partial charge >= 0.3 is 0 Å². The van der Waals surface area contributed by atoms with Crippen LogP contribution in [0.3, 0.4) is 0 Å². The number of amides is 1. The lowest BCUT2D eigenvalue weighted by Gasteiger charge is -2.24. The number of nitrogens with one attached hydrogen (secondary N) is 1. The van der Waals surface area contributed by atoms with Gasteiger partial charge in [0, 0.05) is 10.7 Å². The van der Waals surface area contributed by atoms with E-state index in [1.54, 1.807) is 0 Å². The number of halogens is 1. The van der Waals surface area contributed by atoms with E-state index in [0.717, 1.165) is 22.6 Å². The molecule has 1 heterocycles. The molecule has 3 nitrogen and oxygen atoms in total. The van der Waals surface area contributed by atoms with E-state index < -0.39 is 0 Å². The van der Waals surface area contributed by atoms with Crippen LogP contribution in [0.15, 0.2) is 42.5 Å². The molecule has 0 fully saturated rings. The summed E-state index contributed by atoms with van der Waals surface area (Å²) < 4.78 is 5.66.